The zero-order valence-corrected chi connectivity index (χ0v) is 13.8. The van der Waals surface area contributed by atoms with Gasteiger partial charge in [-0.05, 0) is 48.1 Å². The van der Waals surface area contributed by atoms with Crippen molar-refractivity contribution in [2.24, 2.45) is 23.2 Å². The van der Waals surface area contributed by atoms with Gasteiger partial charge in [-0.2, -0.15) is 0 Å². The van der Waals surface area contributed by atoms with Gasteiger partial charge >= 0.3 is 0 Å². The van der Waals surface area contributed by atoms with Crippen molar-refractivity contribution >= 4 is 16.3 Å². The van der Waals surface area contributed by atoms with Crippen molar-refractivity contribution in [1.29, 1.82) is 0 Å². The minimum Gasteiger partial charge on any atom is -0.303 e. The molecule has 0 unspecified atom stereocenters. The molecule has 1 N–H and O–H groups in total. The van der Waals surface area contributed by atoms with Gasteiger partial charge in [-0.15, -0.1) is 0 Å². The van der Waals surface area contributed by atoms with E-state index in [1.54, 1.807) is 30.3 Å². The number of hydrogen-bond acceptors (Lipinski definition) is 3. The van der Waals surface area contributed by atoms with Crippen LogP contribution in [0.3, 0.4) is 0 Å². The number of hydrogen-bond donors (Lipinski definition) is 1. The Hall–Kier alpha value is -1.20. The second-order valence-electron chi connectivity index (χ2n) is 7.22. The second-order valence-corrected chi connectivity index (χ2v) is 8.93. The first-order valence-corrected chi connectivity index (χ1v) is 9.35. The second kappa shape index (κ2) is 5.46. The van der Waals surface area contributed by atoms with E-state index in [0.29, 0.717) is 23.2 Å². The molecule has 3 aliphatic carbocycles. The number of benzene rings is 1. The minimum atomic E-state index is -3.54. The molecule has 120 valence electrons. The van der Waals surface area contributed by atoms with Crippen LogP contribution in [0.25, 0.3) is 0 Å². The average molecular weight is 321 g/mol. The topological polar surface area (TPSA) is 63.2 Å². The van der Waals surface area contributed by atoms with E-state index >= 15 is 0 Å². The van der Waals surface area contributed by atoms with E-state index in [9.17, 15) is 13.2 Å². The molecular weight excluding hydrogens is 298 g/mol. The lowest BCUT2D eigenvalue weighted by Gasteiger charge is -2.62. The molecule has 5 heteroatoms. The number of nitrogens with one attached hydrogen (secondary N) is 1. The van der Waals surface area contributed by atoms with Crippen LogP contribution in [0.15, 0.2) is 35.2 Å². The zero-order chi connectivity index (χ0) is 16.0. The monoisotopic (exact) mass is 321 g/mol. The highest BCUT2D eigenvalue weighted by Crippen LogP contribution is 2.61. The predicted octanol–water partition coefficient (Wildman–Crippen LogP) is 2.60. The first kappa shape index (κ1) is 15.7. The van der Waals surface area contributed by atoms with Gasteiger partial charge in [0.15, 0.2) is 0 Å². The molecule has 0 radical (unpaired) electrons. The van der Waals surface area contributed by atoms with Crippen molar-refractivity contribution in [1.82, 2.24) is 4.72 Å². The van der Waals surface area contributed by atoms with Gasteiger partial charge in [-0.25, -0.2) is 13.1 Å². The lowest BCUT2D eigenvalue weighted by molar-refractivity contribution is -0.122. The van der Waals surface area contributed by atoms with Crippen LogP contribution in [-0.2, 0) is 14.8 Å². The molecule has 0 spiro atoms. The van der Waals surface area contributed by atoms with E-state index in [-0.39, 0.29) is 17.4 Å². The Morgan fingerprint density at radius 2 is 1.91 bits per heavy atom. The normalized spacial score (nSPS) is 33.0. The fraction of sp³-hybridized carbons (Fsp3) is 0.588. The van der Waals surface area contributed by atoms with Crippen molar-refractivity contribution in [3.8, 4) is 0 Å². The van der Waals surface area contributed by atoms with Gasteiger partial charge < -0.3 is 4.79 Å². The van der Waals surface area contributed by atoms with Crippen LogP contribution >= 0.6 is 0 Å². The largest absolute Gasteiger partial charge is 0.303 e. The van der Waals surface area contributed by atoms with Crippen LogP contribution in [0.4, 0.5) is 0 Å². The SMILES string of the molecule is CC1(C)[C@H]2C[C@@H](CC=O)[C@H](NS(=O)(=O)c3ccccc3)[C@@H]1C2. The molecule has 0 amide bonds. The summed E-state index contributed by atoms with van der Waals surface area (Å²) >= 11 is 0. The number of sulfonamides is 1. The molecule has 2 bridgehead atoms. The molecule has 1 aromatic carbocycles. The van der Waals surface area contributed by atoms with Crippen LogP contribution in [0.1, 0.15) is 33.1 Å². The Balaban J connectivity index is 1.86. The van der Waals surface area contributed by atoms with Crippen LogP contribution in [0.2, 0.25) is 0 Å². The van der Waals surface area contributed by atoms with E-state index < -0.39 is 10.0 Å². The van der Waals surface area contributed by atoms with E-state index in [4.69, 9.17) is 0 Å². The first-order chi connectivity index (χ1) is 10.4. The van der Waals surface area contributed by atoms with Crippen LogP contribution < -0.4 is 4.72 Å². The summed E-state index contributed by atoms with van der Waals surface area (Å²) in [6, 6.07) is 8.32. The zero-order valence-electron chi connectivity index (χ0n) is 13.0. The number of rotatable bonds is 5. The molecule has 3 saturated carbocycles. The maximum Gasteiger partial charge on any atom is 0.240 e. The number of fused-ring (bicyclic) bond motifs is 2. The van der Waals surface area contributed by atoms with Crippen LogP contribution in [0, 0.1) is 23.2 Å². The molecule has 3 aliphatic rings. The van der Waals surface area contributed by atoms with E-state index in [2.05, 4.69) is 18.6 Å². The van der Waals surface area contributed by atoms with Crippen molar-refractivity contribution < 1.29 is 13.2 Å². The Labute approximate surface area is 132 Å². The molecule has 0 saturated heterocycles. The summed E-state index contributed by atoms with van der Waals surface area (Å²) < 4.78 is 28.2. The van der Waals surface area contributed by atoms with Gasteiger partial charge in [0.1, 0.15) is 6.29 Å². The third-order valence-electron chi connectivity index (χ3n) is 5.82. The van der Waals surface area contributed by atoms with Gasteiger partial charge in [-0.3, -0.25) is 0 Å². The van der Waals surface area contributed by atoms with Crippen molar-refractivity contribution in [2.75, 3.05) is 0 Å². The highest BCUT2D eigenvalue weighted by atomic mass is 32.2. The number of carbonyl (C=O) groups excluding carboxylic acids is 1. The fourth-order valence-electron chi connectivity index (χ4n) is 4.30. The molecule has 0 heterocycles. The van der Waals surface area contributed by atoms with Gasteiger partial charge in [-0.1, -0.05) is 32.0 Å². The minimum absolute atomic E-state index is 0.118. The summed E-state index contributed by atoms with van der Waals surface area (Å²) in [7, 11) is -3.54. The highest BCUT2D eigenvalue weighted by Gasteiger charge is 2.58. The maximum atomic E-state index is 12.6. The smallest absolute Gasteiger partial charge is 0.240 e. The van der Waals surface area contributed by atoms with Crippen molar-refractivity contribution in [3.63, 3.8) is 0 Å². The Morgan fingerprint density at radius 3 is 2.50 bits per heavy atom. The summed E-state index contributed by atoms with van der Waals surface area (Å²) in [5, 5.41) is 0. The molecule has 4 rings (SSSR count). The molecule has 1 aromatic rings. The molecule has 4 atom stereocenters. The van der Waals surface area contributed by atoms with Gasteiger partial charge in [0.05, 0.1) is 4.90 Å². The highest BCUT2D eigenvalue weighted by molar-refractivity contribution is 7.89. The maximum absolute atomic E-state index is 12.6. The lowest BCUT2D eigenvalue weighted by atomic mass is 9.45. The third-order valence-corrected chi connectivity index (χ3v) is 7.29. The molecule has 0 aromatic heterocycles. The number of aldehydes is 1. The predicted molar refractivity (Wildman–Crippen MR) is 84.7 cm³/mol. The molecule has 4 nitrogen and oxygen atoms in total. The fourth-order valence-corrected chi connectivity index (χ4v) is 5.66. The van der Waals surface area contributed by atoms with Crippen LogP contribution in [0.5, 0.6) is 0 Å². The van der Waals surface area contributed by atoms with Crippen molar-refractivity contribution in [3.05, 3.63) is 30.3 Å². The van der Waals surface area contributed by atoms with E-state index in [1.807, 2.05) is 0 Å². The average Bonchev–Trinajstić information content (AvgIpc) is 2.49. The first-order valence-electron chi connectivity index (χ1n) is 7.87. The third kappa shape index (κ3) is 2.50. The van der Waals surface area contributed by atoms with Gasteiger partial charge in [0.2, 0.25) is 10.0 Å². The van der Waals surface area contributed by atoms with Crippen LogP contribution in [-0.4, -0.2) is 20.7 Å². The Morgan fingerprint density at radius 1 is 1.23 bits per heavy atom. The molecule has 0 aliphatic heterocycles. The van der Waals surface area contributed by atoms with E-state index in [1.165, 1.54) is 0 Å². The summed E-state index contributed by atoms with van der Waals surface area (Å²) in [6.45, 7) is 4.43. The summed E-state index contributed by atoms with van der Waals surface area (Å²) in [5.74, 6) is 1.04. The quantitative estimate of drug-likeness (QED) is 0.848. The summed E-state index contributed by atoms with van der Waals surface area (Å²) in [6.07, 6.45) is 3.35. The number of carbonyl (C=O) groups is 1. The summed E-state index contributed by atoms with van der Waals surface area (Å²) in [4.78, 5) is 11.3. The van der Waals surface area contributed by atoms with E-state index in [0.717, 1.165) is 19.1 Å². The molecule has 22 heavy (non-hydrogen) atoms. The molecular formula is C17H23NO3S. The standard InChI is InChI=1S/C17H23NO3S/c1-17(2)13-10-12(8-9-19)16(15(17)11-13)18-22(20,21)14-6-4-3-5-7-14/h3-7,9,12-13,15-16,18H,8,10-11H2,1-2H3/t12-,13+,15+,16+/m1/s1. The Kier molecular flexibility index (Phi) is 3.89. The van der Waals surface area contributed by atoms with Crippen molar-refractivity contribution in [2.45, 2.75) is 44.0 Å². The van der Waals surface area contributed by atoms with Gasteiger partial charge in [0.25, 0.3) is 0 Å². The lowest BCUT2D eigenvalue weighted by Crippen LogP contribution is -2.63. The molecule has 3 fully saturated rings. The van der Waals surface area contributed by atoms with Gasteiger partial charge in [0, 0.05) is 12.5 Å². The Bertz CT molecular complexity index is 654. The summed E-state index contributed by atoms with van der Waals surface area (Å²) in [5.41, 5.74) is 0.156.